The average molecular weight is 252 g/mol. The second kappa shape index (κ2) is 6.11. The Kier molecular flexibility index (Phi) is 4.79. The van der Waals surface area contributed by atoms with Gasteiger partial charge in [-0.05, 0) is 33.2 Å². The molecule has 1 aromatic carbocycles. The van der Waals surface area contributed by atoms with Crippen LogP contribution in [0, 0.1) is 10.1 Å². The Labute approximate surface area is 105 Å². The van der Waals surface area contributed by atoms with Gasteiger partial charge < -0.3 is 9.64 Å². The Morgan fingerprint density at radius 1 is 1.44 bits per heavy atom. The first-order valence-corrected chi connectivity index (χ1v) is 5.48. The molecular weight excluding hydrogens is 236 g/mol. The van der Waals surface area contributed by atoms with Gasteiger partial charge in [-0.15, -0.1) is 0 Å². The molecule has 0 aliphatic rings. The Balaban J connectivity index is 2.87. The maximum absolute atomic E-state index is 11.2. The molecule has 0 aliphatic carbocycles. The highest BCUT2D eigenvalue weighted by atomic mass is 16.6. The molecule has 6 nitrogen and oxygen atoms in total. The summed E-state index contributed by atoms with van der Waals surface area (Å²) in [6, 6.07) is 4.28. The van der Waals surface area contributed by atoms with Crippen molar-refractivity contribution in [2.24, 2.45) is 0 Å². The Bertz CT molecular complexity index is 457. The largest absolute Gasteiger partial charge is 0.492 e. The average Bonchev–Trinajstić information content (AvgIpc) is 2.28. The van der Waals surface area contributed by atoms with Crippen molar-refractivity contribution in [2.75, 3.05) is 27.2 Å². The highest BCUT2D eigenvalue weighted by Crippen LogP contribution is 2.25. The van der Waals surface area contributed by atoms with Crippen molar-refractivity contribution in [2.45, 2.75) is 6.92 Å². The fraction of sp³-hybridized carbons (Fsp3) is 0.417. The highest BCUT2D eigenvalue weighted by Gasteiger charge is 2.18. The van der Waals surface area contributed by atoms with E-state index in [1.165, 1.54) is 19.1 Å². The number of Topliss-reactive ketones (excluding diaryl/α,β-unsaturated/α-hetero) is 1. The monoisotopic (exact) mass is 252 g/mol. The van der Waals surface area contributed by atoms with Crippen LogP contribution in [0.1, 0.15) is 17.3 Å². The van der Waals surface area contributed by atoms with Crippen molar-refractivity contribution < 1.29 is 14.5 Å². The number of nitro groups is 1. The zero-order valence-corrected chi connectivity index (χ0v) is 10.7. The second-order valence-electron chi connectivity index (χ2n) is 4.14. The minimum atomic E-state index is -0.574. The normalized spacial score (nSPS) is 10.4. The lowest BCUT2D eigenvalue weighted by Gasteiger charge is -2.11. The van der Waals surface area contributed by atoms with Crippen molar-refractivity contribution in [3.8, 4) is 5.75 Å². The first-order chi connectivity index (χ1) is 8.41. The maximum atomic E-state index is 11.2. The van der Waals surface area contributed by atoms with E-state index in [9.17, 15) is 14.9 Å². The van der Waals surface area contributed by atoms with Crippen LogP contribution in [0.4, 0.5) is 5.69 Å². The number of nitro benzene ring substituents is 1. The molecule has 0 bridgehead atoms. The van der Waals surface area contributed by atoms with Gasteiger partial charge in [0.15, 0.2) is 5.78 Å². The third kappa shape index (κ3) is 3.81. The number of carbonyl (C=O) groups excluding carboxylic acids is 1. The number of ketones is 1. The van der Waals surface area contributed by atoms with Gasteiger partial charge in [-0.3, -0.25) is 14.9 Å². The highest BCUT2D eigenvalue weighted by molar-refractivity contribution is 5.98. The van der Waals surface area contributed by atoms with E-state index in [1.807, 2.05) is 19.0 Å². The molecule has 0 amide bonds. The summed E-state index contributed by atoms with van der Waals surface area (Å²) in [6.45, 7) is 2.45. The number of hydrogen-bond acceptors (Lipinski definition) is 5. The number of nitrogens with zero attached hydrogens (tertiary/aromatic N) is 2. The van der Waals surface area contributed by atoms with Gasteiger partial charge >= 0.3 is 0 Å². The number of hydrogen-bond donors (Lipinski definition) is 0. The molecule has 0 spiro atoms. The molecule has 0 radical (unpaired) electrons. The molecule has 0 fully saturated rings. The van der Waals surface area contributed by atoms with Crippen LogP contribution in [0.5, 0.6) is 5.75 Å². The van der Waals surface area contributed by atoms with E-state index in [4.69, 9.17) is 4.74 Å². The molecule has 0 unspecified atom stereocenters. The lowest BCUT2D eigenvalue weighted by molar-refractivity contribution is -0.385. The van der Waals surface area contributed by atoms with Gasteiger partial charge in [0.2, 0.25) is 0 Å². The summed E-state index contributed by atoms with van der Waals surface area (Å²) >= 11 is 0. The smallest absolute Gasteiger partial charge is 0.283 e. The summed E-state index contributed by atoms with van der Waals surface area (Å²) in [4.78, 5) is 23.5. The molecule has 0 atom stereocenters. The summed E-state index contributed by atoms with van der Waals surface area (Å²) < 4.78 is 5.38. The zero-order chi connectivity index (χ0) is 13.7. The first-order valence-electron chi connectivity index (χ1n) is 5.48. The molecule has 0 saturated heterocycles. The van der Waals surface area contributed by atoms with Crippen LogP contribution >= 0.6 is 0 Å². The van der Waals surface area contributed by atoms with Crippen molar-refractivity contribution in [1.82, 2.24) is 4.90 Å². The summed E-state index contributed by atoms with van der Waals surface area (Å²) in [5.74, 6) is 0.0649. The molecule has 0 aliphatic heterocycles. The molecule has 0 aromatic heterocycles. The molecule has 18 heavy (non-hydrogen) atoms. The summed E-state index contributed by atoms with van der Waals surface area (Å²) in [5.41, 5.74) is -0.121. The topological polar surface area (TPSA) is 72.7 Å². The van der Waals surface area contributed by atoms with E-state index in [0.717, 1.165) is 0 Å². The lowest BCUT2D eigenvalue weighted by Crippen LogP contribution is -2.19. The third-order valence-corrected chi connectivity index (χ3v) is 2.35. The number of rotatable bonds is 6. The van der Waals surface area contributed by atoms with E-state index in [2.05, 4.69) is 0 Å². The van der Waals surface area contributed by atoms with Crippen LogP contribution < -0.4 is 4.74 Å². The van der Waals surface area contributed by atoms with Crippen LogP contribution in [0.2, 0.25) is 0 Å². The van der Waals surface area contributed by atoms with Crippen LogP contribution in [-0.4, -0.2) is 42.9 Å². The Morgan fingerprint density at radius 3 is 2.61 bits per heavy atom. The fourth-order valence-electron chi connectivity index (χ4n) is 1.40. The molecule has 6 heteroatoms. The Hall–Kier alpha value is -1.95. The van der Waals surface area contributed by atoms with Gasteiger partial charge in [0.1, 0.15) is 12.4 Å². The van der Waals surface area contributed by atoms with Crippen LogP contribution in [0.25, 0.3) is 0 Å². The summed E-state index contributed by atoms with van der Waals surface area (Å²) in [5, 5.41) is 10.9. The van der Waals surface area contributed by atoms with Gasteiger partial charge in [0, 0.05) is 6.54 Å². The number of carbonyl (C=O) groups is 1. The second-order valence-corrected chi connectivity index (χ2v) is 4.14. The van der Waals surface area contributed by atoms with E-state index in [0.29, 0.717) is 18.9 Å². The predicted octanol–water partition coefficient (Wildman–Crippen LogP) is 1.74. The van der Waals surface area contributed by atoms with Gasteiger partial charge in [-0.1, -0.05) is 0 Å². The Morgan fingerprint density at radius 2 is 2.11 bits per heavy atom. The van der Waals surface area contributed by atoms with Crippen LogP contribution in [0.15, 0.2) is 18.2 Å². The minimum Gasteiger partial charge on any atom is -0.492 e. The predicted molar refractivity (Wildman–Crippen MR) is 67.1 cm³/mol. The number of benzene rings is 1. The van der Waals surface area contributed by atoms with Crippen molar-refractivity contribution in [3.05, 3.63) is 33.9 Å². The zero-order valence-electron chi connectivity index (χ0n) is 10.7. The quantitative estimate of drug-likeness (QED) is 0.438. The third-order valence-electron chi connectivity index (χ3n) is 2.35. The van der Waals surface area contributed by atoms with E-state index < -0.39 is 4.92 Å². The standard InChI is InChI=1S/C12H16N2O4/c1-9(15)11-5-4-10(8-12(11)14(16)17)18-7-6-13(2)3/h4-5,8H,6-7H2,1-3H3. The number of likely N-dealkylation sites (N-methyl/N-ethyl adjacent to an activating group) is 1. The van der Waals surface area contributed by atoms with Gasteiger partial charge in [0.25, 0.3) is 5.69 Å². The van der Waals surface area contributed by atoms with Crippen LogP contribution in [0.3, 0.4) is 0 Å². The van der Waals surface area contributed by atoms with Crippen molar-refractivity contribution in [1.29, 1.82) is 0 Å². The molecule has 1 rings (SSSR count). The number of ether oxygens (including phenoxy) is 1. The van der Waals surface area contributed by atoms with Crippen molar-refractivity contribution >= 4 is 11.5 Å². The van der Waals surface area contributed by atoms with Gasteiger partial charge in [-0.2, -0.15) is 0 Å². The van der Waals surface area contributed by atoms with E-state index >= 15 is 0 Å². The minimum absolute atomic E-state index is 0.0972. The first kappa shape index (κ1) is 14.1. The van der Waals surface area contributed by atoms with Crippen LogP contribution in [-0.2, 0) is 0 Å². The molecule has 98 valence electrons. The molecule has 0 saturated carbocycles. The summed E-state index contributed by atoms with van der Waals surface area (Å²) in [7, 11) is 3.81. The molecule has 0 N–H and O–H groups in total. The summed E-state index contributed by atoms with van der Waals surface area (Å²) in [6.07, 6.45) is 0. The lowest BCUT2D eigenvalue weighted by atomic mass is 10.1. The van der Waals surface area contributed by atoms with E-state index in [1.54, 1.807) is 6.07 Å². The molecular formula is C12H16N2O4. The van der Waals surface area contributed by atoms with Crippen molar-refractivity contribution in [3.63, 3.8) is 0 Å². The SMILES string of the molecule is CC(=O)c1ccc(OCCN(C)C)cc1[N+](=O)[O-]. The van der Waals surface area contributed by atoms with E-state index in [-0.39, 0.29) is 17.0 Å². The maximum Gasteiger partial charge on any atom is 0.283 e. The molecule has 1 aromatic rings. The van der Waals surface area contributed by atoms with Gasteiger partial charge in [0.05, 0.1) is 16.6 Å². The van der Waals surface area contributed by atoms with Gasteiger partial charge in [-0.25, -0.2) is 0 Å². The fourth-order valence-corrected chi connectivity index (χ4v) is 1.40. The molecule has 0 heterocycles.